The minimum absolute atomic E-state index is 0.204. The number of benzene rings is 3. The van der Waals surface area contributed by atoms with E-state index < -0.39 is 17.3 Å². The minimum atomic E-state index is -4.53. The number of hydrogen-bond acceptors (Lipinski definition) is 2. The Bertz CT molecular complexity index is 1360. The Morgan fingerprint density at radius 3 is 2.17 bits per heavy atom. The Morgan fingerprint density at radius 2 is 1.47 bits per heavy atom. The summed E-state index contributed by atoms with van der Waals surface area (Å²) in [6, 6.07) is 25.8. The van der Waals surface area contributed by atoms with Crippen LogP contribution in [0.15, 0.2) is 91.0 Å². The van der Waals surface area contributed by atoms with Crippen LogP contribution >= 0.6 is 0 Å². The number of para-hydroxylation sites is 1. The third kappa shape index (κ3) is 5.76. The van der Waals surface area contributed by atoms with Gasteiger partial charge < -0.3 is 5.32 Å². The predicted molar refractivity (Wildman–Crippen MR) is 136 cm³/mol. The Morgan fingerprint density at radius 1 is 0.806 bits per heavy atom. The lowest BCUT2D eigenvalue weighted by Gasteiger charge is -2.37. The quantitative estimate of drug-likeness (QED) is 0.308. The molecule has 1 heterocycles. The average molecular weight is 491 g/mol. The first-order chi connectivity index (χ1) is 17.0. The molecule has 0 saturated heterocycles. The van der Waals surface area contributed by atoms with Gasteiger partial charge >= 0.3 is 6.18 Å². The first kappa shape index (κ1) is 25.4. The van der Waals surface area contributed by atoms with Crippen LogP contribution in [-0.2, 0) is 22.9 Å². The number of carbonyl (C=O) groups is 1. The van der Waals surface area contributed by atoms with E-state index in [1.165, 1.54) is 6.07 Å². The number of nitrogens with one attached hydrogen (secondary N) is 1. The van der Waals surface area contributed by atoms with Gasteiger partial charge in [-0.25, -0.2) is 4.98 Å². The van der Waals surface area contributed by atoms with Gasteiger partial charge in [0.1, 0.15) is 5.54 Å². The Balaban J connectivity index is 1.98. The zero-order valence-electron chi connectivity index (χ0n) is 20.6. The van der Waals surface area contributed by atoms with Gasteiger partial charge in [0.05, 0.1) is 16.8 Å². The lowest BCUT2D eigenvalue weighted by atomic mass is 9.79. The fourth-order valence-corrected chi connectivity index (χ4v) is 4.45. The van der Waals surface area contributed by atoms with E-state index in [0.717, 1.165) is 23.1 Å². The molecule has 3 aromatic carbocycles. The highest BCUT2D eigenvalue weighted by atomic mass is 19.4. The molecule has 0 saturated carbocycles. The second kappa shape index (κ2) is 9.76. The van der Waals surface area contributed by atoms with Crippen LogP contribution in [0.25, 0.3) is 10.9 Å². The van der Waals surface area contributed by atoms with Gasteiger partial charge in [-0.2, -0.15) is 13.2 Å². The van der Waals surface area contributed by atoms with Crippen LogP contribution in [0, 0.1) is 5.41 Å². The molecule has 1 atom stereocenters. The van der Waals surface area contributed by atoms with Crippen LogP contribution in [0.5, 0.6) is 0 Å². The summed E-state index contributed by atoms with van der Waals surface area (Å²) in [4.78, 5) is 18.3. The number of pyridine rings is 1. The number of nitrogens with zero attached hydrogens (tertiary/aromatic N) is 1. The van der Waals surface area contributed by atoms with Crippen LogP contribution in [0.3, 0.4) is 0 Å². The van der Waals surface area contributed by atoms with E-state index in [1.54, 1.807) is 12.1 Å². The highest BCUT2D eigenvalue weighted by Gasteiger charge is 2.40. The van der Waals surface area contributed by atoms with Crippen LogP contribution in [0.1, 0.15) is 49.6 Å². The topological polar surface area (TPSA) is 42.0 Å². The largest absolute Gasteiger partial charge is 0.416 e. The number of rotatable bonds is 6. The van der Waals surface area contributed by atoms with Gasteiger partial charge in [0.15, 0.2) is 0 Å². The lowest BCUT2D eigenvalue weighted by molar-refractivity contribution is -0.137. The molecule has 1 aromatic heterocycles. The van der Waals surface area contributed by atoms with Crippen molar-refractivity contribution >= 4 is 16.8 Å². The summed E-state index contributed by atoms with van der Waals surface area (Å²) in [5.41, 5.74) is -0.0473. The molecule has 4 aromatic rings. The Hall–Kier alpha value is -3.67. The fraction of sp³-hybridized carbons (Fsp3) is 0.267. The van der Waals surface area contributed by atoms with Crippen molar-refractivity contribution in [3.05, 3.63) is 113 Å². The van der Waals surface area contributed by atoms with E-state index in [-0.39, 0.29) is 24.2 Å². The van der Waals surface area contributed by atoms with Gasteiger partial charge in [-0.15, -0.1) is 0 Å². The summed E-state index contributed by atoms with van der Waals surface area (Å²) < 4.78 is 41.3. The van der Waals surface area contributed by atoms with Gasteiger partial charge in [0.25, 0.3) is 0 Å². The van der Waals surface area contributed by atoms with E-state index in [1.807, 2.05) is 81.4 Å². The van der Waals surface area contributed by atoms with Gasteiger partial charge in [-0.3, -0.25) is 4.79 Å². The maximum Gasteiger partial charge on any atom is 0.416 e. The van der Waals surface area contributed by atoms with Crippen molar-refractivity contribution in [1.29, 1.82) is 0 Å². The lowest BCUT2D eigenvalue weighted by Crippen LogP contribution is -2.50. The molecule has 0 fully saturated rings. The molecule has 0 aliphatic heterocycles. The Labute approximate surface area is 209 Å². The first-order valence-corrected chi connectivity index (χ1v) is 11.9. The molecule has 1 unspecified atom stereocenters. The normalized spacial score (nSPS) is 13.8. The van der Waals surface area contributed by atoms with Crippen LogP contribution in [0.4, 0.5) is 13.2 Å². The van der Waals surface area contributed by atoms with Gasteiger partial charge in [-0.1, -0.05) is 87.5 Å². The molecule has 3 nitrogen and oxygen atoms in total. The highest BCUT2D eigenvalue weighted by Crippen LogP contribution is 2.38. The van der Waals surface area contributed by atoms with Crippen molar-refractivity contribution in [3.63, 3.8) is 0 Å². The van der Waals surface area contributed by atoms with Crippen molar-refractivity contribution in [2.24, 2.45) is 5.41 Å². The van der Waals surface area contributed by atoms with Crippen molar-refractivity contribution in [1.82, 2.24) is 10.3 Å². The Kier molecular flexibility index (Phi) is 6.90. The molecule has 1 N–H and O–H groups in total. The van der Waals surface area contributed by atoms with Crippen LogP contribution < -0.4 is 5.32 Å². The SMILES string of the molecule is CC(C)(C)CC(=O)NC(Cc1ccccc1)(c1cccc(C(F)(F)F)c1)c1ccc2ccccc2n1. The molecule has 4 rings (SSSR count). The molecular weight excluding hydrogens is 461 g/mol. The monoisotopic (exact) mass is 490 g/mol. The predicted octanol–water partition coefficient (Wildman–Crippen LogP) is 7.29. The van der Waals surface area contributed by atoms with Gasteiger partial charge in [0, 0.05) is 18.2 Å². The van der Waals surface area contributed by atoms with Crippen molar-refractivity contribution < 1.29 is 18.0 Å². The summed E-state index contributed by atoms with van der Waals surface area (Å²) in [5.74, 6) is -0.259. The number of fused-ring (bicyclic) bond motifs is 1. The molecular formula is C30H29F3N2O. The van der Waals surface area contributed by atoms with Gasteiger partial charge in [0.2, 0.25) is 5.91 Å². The fourth-order valence-electron chi connectivity index (χ4n) is 4.45. The molecule has 1 amide bonds. The zero-order valence-corrected chi connectivity index (χ0v) is 20.6. The second-order valence-electron chi connectivity index (χ2n) is 10.3. The summed E-state index contributed by atoms with van der Waals surface area (Å²) >= 11 is 0. The molecule has 36 heavy (non-hydrogen) atoms. The number of hydrogen-bond donors (Lipinski definition) is 1. The maximum absolute atomic E-state index is 13.8. The standard InChI is InChI=1S/C30H29F3N2O/c1-28(2,3)20-27(36)35-29(19-21-10-5-4-6-11-21,23-13-9-14-24(18-23)30(31,32)33)26-17-16-22-12-7-8-15-25(22)34-26/h4-18H,19-20H2,1-3H3,(H,35,36). The van der Waals surface area contributed by atoms with Crippen molar-refractivity contribution in [3.8, 4) is 0 Å². The third-order valence-electron chi connectivity index (χ3n) is 6.07. The first-order valence-electron chi connectivity index (χ1n) is 11.9. The smallest absolute Gasteiger partial charge is 0.341 e. The summed E-state index contributed by atoms with van der Waals surface area (Å²) in [7, 11) is 0. The van der Waals surface area contributed by atoms with Crippen LogP contribution in [0.2, 0.25) is 0 Å². The number of amides is 1. The molecule has 186 valence electrons. The molecule has 0 aliphatic rings. The van der Waals surface area contributed by atoms with Crippen molar-refractivity contribution in [2.45, 2.75) is 45.3 Å². The summed E-state index contributed by atoms with van der Waals surface area (Å²) in [5, 5.41) is 4.05. The van der Waals surface area contributed by atoms with E-state index in [4.69, 9.17) is 4.98 Å². The summed E-state index contributed by atoms with van der Waals surface area (Å²) in [6.45, 7) is 5.85. The number of carbonyl (C=O) groups excluding carboxylic acids is 1. The minimum Gasteiger partial charge on any atom is -0.341 e. The number of aromatic nitrogens is 1. The van der Waals surface area contributed by atoms with E-state index in [0.29, 0.717) is 16.8 Å². The average Bonchev–Trinajstić information content (AvgIpc) is 2.82. The second-order valence-corrected chi connectivity index (χ2v) is 10.3. The number of alkyl halides is 3. The van der Waals surface area contributed by atoms with Crippen LogP contribution in [-0.4, -0.2) is 10.9 Å². The van der Waals surface area contributed by atoms with E-state index in [9.17, 15) is 18.0 Å². The molecule has 0 aliphatic carbocycles. The number of halogens is 3. The molecule has 6 heteroatoms. The highest BCUT2D eigenvalue weighted by molar-refractivity contribution is 5.80. The molecule has 0 radical (unpaired) electrons. The summed E-state index contributed by atoms with van der Waals surface area (Å²) in [6.07, 6.45) is -4.09. The van der Waals surface area contributed by atoms with Gasteiger partial charge in [-0.05, 0) is 40.8 Å². The van der Waals surface area contributed by atoms with E-state index >= 15 is 0 Å². The maximum atomic E-state index is 13.8. The third-order valence-corrected chi connectivity index (χ3v) is 6.07. The zero-order chi connectivity index (χ0) is 26.0. The van der Waals surface area contributed by atoms with Crippen molar-refractivity contribution in [2.75, 3.05) is 0 Å². The molecule has 0 bridgehead atoms. The molecule has 0 spiro atoms. The van der Waals surface area contributed by atoms with E-state index in [2.05, 4.69) is 5.32 Å².